The molecule has 1 heterocycles. The number of rotatable bonds is 20. The molecule has 4 amide bonds. The van der Waals surface area contributed by atoms with Gasteiger partial charge in [0.25, 0.3) is 0 Å². The molecule has 0 spiro atoms. The van der Waals surface area contributed by atoms with Crippen molar-refractivity contribution < 1.29 is 28.7 Å². The number of carbonyl (C=O) groups excluding carboxylic acids is 4. The van der Waals surface area contributed by atoms with Crippen LogP contribution >= 0.6 is 0 Å². The van der Waals surface area contributed by atoms with Gasteiger partial charge in [-0.05, 0) is 44.3 Å². The van der Waals surface area contributed by atoms with Crippen LogP contribution in [0.5, 0.6) is 0 Å². The first-order valence-electron chi connectivity index (χ1n) is 18.1. The summed E-state index contributed by atoms with van der Waals surface area (Å²) in [6.45, 7) is 13.7. The van der Waals surface area contributed by atoms with Crippen LogP contribution in [0.1, 0.15) is 72.8 Å². The lowest BCUT2D eigenvalue weighted by Crippen LogP contribution is -2.55. The summed E-state index contributed by atoms with van der Waals surface area (Å²) in [4.78, 5) is 60.1. The fraction of sp³-hybridized carbons (Fsp3) is 0.737. The van der Waals surface area contributed by atoms with Gasteiger partial charge in [-0.3, -0.25) is 19.2 Å². The molecule has 1 aliphatic heterocycles. The lowest BCUT2D eigenvalue weighted by atomic mass is 9.88. The van der Waals surface area contributed by atoms with Crippen LogP contribution in [-0.4, -0.2) is 124 Å². The Kier molecular flexibility index (Phi) is 17.7. The normalized spacial score (nSPS) is 19.1. The highest BCUT2D eigenvalue weighted by molar-refractivity contribution is 5.89. The summed E-state index contributed by atoms with van der Waals surface area (Å²) in [7, 11) is 8.87. The van der Waals surface area contributed by atoms with E-state index in [-0.39, 0.29) is 59.9 Å². The number of nitrogens with one attached hydrogen (secondary N) is 2. The van der Waals surface area contributed by atoms with Crippen molar-refractivity contribution in [3.05, 3.63) is 35.9 Å². The minimum absolute atomic E-state index is 0.0464. The molecule has 1 saturated heterocycles. The summed E-state index contributed by atoms with van der Waals surface area (Å²) in [5.41, 5.74) is 0.938. The van der Waals surface area contributed by atoms with E-state index < -0.39 is 24.2 Å². The molecule has 0 aromatic heterocycles. The number of nitrogens with zero attached hydrogens (tertiary/aromatic N) is 3. The molecule has 1 aromatic carbocycles. The first-order chi connectivity index (χ1) is 23.2. The van der Waals surface area contributed by atoms with Gasteiger partial charge in [0.15, 0.2) is 0 Å². The molecule has 0 aliphatic carbocycles. The third-order valence-electron chi connectivity index (χ3n) is 10.4. The number of hydrogen-bond acceptors (Lipinski definition) is 7. The number of methoxy groups -OCH3 is 2. The Bertz CT molecular complexity index is 1180. The molecule has 11 heteroatoms. The largest absolute Gasteiger partial charge is 0.379 e. The maximum atomic E-state index is 14.0. The van der Waals surface area contributed by atoms with Gasteiger partial charge in [0.2, 0.25) is 23.6 Å². The molecule has 0 saturated carbocycles. The third-order valence-corrected chi connectivity index (χ3v) is 10.4. The van der Waals surface area contributed by atoms with Gasteiger partial charge in [-0.15, -0.1) is 0 Å². The Morgan fingerprint density at radius 1 is 0.939 bits per heavy atom. The number of amides is 4. The maximum Gasteiger partial charge on any atom is 0.242 e. The average molecular weight is 688 g/mol. The quantitative estimate of drug-likeness (QED) is 0.215. The Morgan fingerprint density at radius 2 is 1.59 bits per heavy atom. The van der Waals surface area contributed by atoms with Crippen molar-refractivity contribution in [1.29, 1.82) is 0 Å². The maximum absolute atomic E-state index is 14.0. The summed E-state index contributed by atoms with van der Waals surface area (Å²) >= 11 is 0. The number of likely N-dealkylation sites (tertiary alicyclic amines) is 1. The number of hydrogen-bond donors (Lipinski definition) is 2. The first kappa shape index (κ1) is 42.1. The van der Waals surface area contributed by atoms with E-state index in [0.29, 0.717) is 32.5 Å². The Morgan fingerprint density at radius 3 is 2.14 bits per heavy atom. The highest BCUT2D eigenvalue weighted by Gasteiger charge is 2.42. The number of ether oxygens (including phenoxy) is 2. The lowest BCUT2D eigenvalue weighted by Gasteiger charge is -2.40. The van der Waals surface area contributed by atoms with Crippen molar-refractivity contribution >= 4 is 23.6 Å². The first-order valence-corrected chi connectivity index (χ1v) is 18.1. The molecule has 2 N–H and O–H groups in total. The van der Waals surface area contributed by atoms with Crippen LogP contribution in [-0.2, 0) is 35.1 Å². The van der Waals surface area contributed by atoms with Crippen LogP contribution in [0.4, 0.5) is 0 Å². The molecule has 278 valence electrons. The van der Waals surface area contributed by atoms with E-state index in [1.54, 1.807) is 26.0 Å². The van der Waals surface area contributed by atoms with Gasteiger partial charge >= 0.3 is 0 Å². The summed E-state index contributed by atoms with van der Waals surface area (Å²) < 4.78 is 11.9. The molecule has 1 aromatic rings. The molecule has 49 heavy (non-hydrogen) atoms. The smallest absolute Gasteiger partial charge is 0.242 e. The highest BCUT2D eigenvalue weighted by Crippen LogP contribution is 2.30. The van der Waals surface area contributed by atoms with Gasteiger partial charge in [-0.2, -0.15) is 0 Å². The predicted octanol–water partition coefficient (Wildman–Crippen LogP) is 3.60. The van der Waals surface area contributed by atoms with E-state index in [0.717, 1.165) is 18.4 Å². The standard InChI is InChI=1S/C38H65N5O6/c1-12-26(4)34(42(9)38(47)27(5)25(2)3)32(48-10)24-33(44)43-21-16-19-31(43)35(49-11)28(6)36(45)40-30(23-29-17-14-13-15-18-29)37(46)39-20-22-41(7)8/h13-15,17-18,25-28,30-32,34-35H,12,16,19-24H2,1-11H3,(H,39,46)(H,40,45)/t26-,27-,28+,30-,31-,32+,34-,35+/m0/s1. The second kappa shape index (κ2) is 20.6. The van der Waals surface area contributed by atoms with E-state index >= 15 is 0 Å². The molecule has 8 atom stereocenters. The topological polar surface area (TPSA) is 121 Å². The molecule has 2 rings (SSSR count). The molecular weight excluding hydrogens is 622 g/mol. The summed E-state index contributed by atoms with van der Waals surface area (Å²) in [5.74, 6) is -1.08. The van der Waals surface area contributed by atoms with E-state index in [1.807, 2.05) is 82.0 Å². The van der Waals surface area contributed by atoms with E-state index in [4.69, 9.17) is 9.47 Å². The predicted molar refractivity (Wildman–Crippen MR) is 194 cm³/mol. The van der Waals surface area contributed by atoms with Crippen molar-refractivity contribution in [1.82, 2.24) is 25.3 Å². The minimum atomic E-state index is -0.767. The van der Waals surface area contributed by atoms with Crippen molar-refractivity contribution in [3.63, 3.8) is 0 Å². The Labute approximate surface area is 295 Å². The van der Waals surface area contributed by atoms with E-state index in [1.165, 1.54) is 0 Å². The number of carbonyl (C=O) groups is 4. The fourth-order valence-electron chi connectivity index (χ4n) is 6.80. The van der Waals surface area contributed by atoms with Crippen LogP contribution in [0.15, 0.2) is 30.3 Å². The SMILES string of the molecule is CC[C@H](C)[C@@H]([C@@H](CC(=O)N1CCC[C@H]1[C@H](OC)[C@@H](C)C(=O)N[C@@H](Cc1ccccc1)C(=O)NCCN(C)C)OC)N(C)C(=O)[C@@H](C)C(C)C. The summed E-state index contributed by atoms with van der Waals surface area (Å²) in [6, 6.07) is 8.25. The monoisotopic (exact) mass is 687 g/mol. The zero-order valence-electron chi connectivity index (χ0n) is 32.0. The molecule has 0 bridgehead atoms. The zero-order valence-corrected chi connectivity index (χ0v) is 32.0. The molecule has 1 fully saturated rings. The van der Waals surface area contributed by atoms with Crippen LogP contribution in [0.25, 0.3) is 0 Å². The second-order valence-electron chi connectivity index (χ2n) is 14.5. The molecule has 0 unspecified atom stereocenters. The summed E-state index contributed by atoms with van der Waals surface area (Å²) in [5, 5.41) is 5.95. The van der Waals surface area contributed by atoms with Gasteiger partial charge < -0.3 is 34.8 Å². The summed E-state index contributed by atoms with van der Waals surface area (Å²) in [6.07, 6.45) is 1.69. The third kappa shape index (κ3) is 12.1. The van der Waals surface area contributed by atoms with Crippen LogP contribution in [0.2, 0.25) is 0 Å². The number of likely N-dealkylation sites (N-methyl/N-ethyl adjacent to an activating group) is 2. The Hall–Kier alpha value is -3.02. The van der Waals surface area contributed by atoms with Crippen molar-refractivity contribution in [2.45, 2.75) is 104 Å². The van der Waals surface area contributed by atoms with Gasteiger partial charge in [-0.25, -0.2) is 0 Å². The van der Waals surface area contributed by atoms with E-state index in [9.17, 15) is 19.2 Å². The Balaban J connectivity index is 2.23. The fourth-order valence-corrected chi connectivity index (χ4v) is 6.80. The second-order valence-corrected chi connectivity index (χ2v) is 14.5. The van der Waals surface area contributed by atoms with Gasteiger partial charge in [0.1, 0.15) is 6.04 Å². The van der Waals surface area contributed by atoms with Gasteiger partial charge in [0, 0.05) is 53.2 Å². The van der Waals surface area contributed by atoms with Crippen LogP contribution < -0.4 is 10.6 Å². The van der Waals surface area contributed by atoms with Crippen molar-refractivity contribution in [2.75, 3.05) is 55.0 Å². The van der Waals surface area contributed by atoms with Crippen molar-refractivity contribution in [3.8, 4) is 0 Å². The van der Waals surface area contributed by atoms with Crippen LogP contribution in [0, 0.1) is 23.7 Å². The molecule has 1 aliphatic rings. The molecule has 0 radical (unpaired) electrons. The lowest BCUT2D eigenvalue weighted by molar-refractivity contribution is -0.148. The van der Waals surface area contributed by atoms with Gasteiger partial charge in [0.05, 0.1) is 36.6 Å². The van der Waals surface area contributed by atoms with Crippen molar-refractivity contribution in [2.24, 2.45) is 23.7 Å². The average Bonchev–Trinajstić information content (AvgIpc) is 3.56. The van der Waals surface area contributed by atoms with E-state index in [2.05, 4.69) is 24.5 Å². The zero-order chi connectivity index (χ0) is 36.8. The molecule has 11 nitrogen and oxygen atoms in total. The van der Waals surface area contributed by atoms with Crippen LogP contribution in [0.3, 0.4) is 0 Å². The highest BCUT2D eigenvalue weighted by atomic mass is 16.5. The molecular formula is C38H65N5O6. The minimum Gasteiger partial charge on any atom is -0.379 e. The van der Waals surface area contributed by atoms with Gasteiger partial charge in [-0.1, -0.05) is 78.3 Å². The number of benzene rings is 1.